The van der Waals surface area contributed by atoms with Crippen molar-refractivity contribution in [1.29, 1.82) is 0 Å². The number of hydrogen-bond donors (Lipinski definition) is 2. The molecule has 3 N–H and O–H groups in total. The molecular formula is C19H23N4O4S+. The predicted molar refractivity (Wildman–Crippen MR) is 103 cm³/mol. The lowest BCUT2D eigenvalue weighted by Gasteiger charge is -2.26. The van der Waals surface area contributed by atoms with Crippen LogP contribution in [-0.4, -0.2) is 37.6 Å². The Morgan fingerprint density at radius 1 is 1.11 bits per heavy atom. The van der Waals surface area contributed by atoms with Gasteiger partial charge in [0, 0.05) is 24.8 Å². The summed E-state index contributed by atoms with van der Waals surface area (Å²) in [5, 5.41) is 2.70. The standard InChI is InChI=1S/C19H22N4O4S/c20-19(25)15-6-5-9-22(13-15)14-18(24)21-16-7-4-8-17(12-16)28(26,27)23-10-2-1-3-11-23/h4-9,12-13H,1-3,10-11,14H2,(H2-,20,21,24,25)/p+1. The van der Waals surface area contributed by atoms with E-state index in [-0.39, 0.29) is 17.3 Å². The minimum Gasteiger partial charge on any atom is -0.365 e. The van der Waals surface area contributed by atoms with E-state index in [1.54, 1.807) is 30.5 Å². The summed E-state index contributed by atoms with van der Waals surface area (Å²) in [4.78, 5) is 23.7. The molecule has 0 aliphatic carbocycles. The van der Waals surface area contributed by atoms with Crippen LogP contribution in [0.5, 0.6) is 0 Å². The van der Waals surface area contributed by atoms with Crippen LogP contribution in [0.15, 0.2) is 53.7 Å². The number of pyridine rings is 1. The fraction of sp³-hybridized carbons (Fsp3) is 0.316. The third kappa shape index (κ3) is 4.73. The molecule has 8 nitrogen and oxygen atoms in total. The molecule has 0 saturated carbocycles. The van der Waals surface area contributed by atoms with Crippen LogP contribution in [0.1, 0.15) is 29.6 Å². The number of primary amides is 1. The molecule has 0 bridgehead atoms. The van der Waals surface area contributed by atoms with Gasteiger partial charge in [0.05, 0.1) is 4.90 Å². The van der Waals surface area contributed by atoms with Crippen LogP contribution >= 0.6 is 0 Å². The number of rotatable bonds is 6. The molecule has 0 atom stereocenters. The number of piperidine rings is 1. The van der Waals surface area contributed by atoms with Gasteiger partial charge in [0.25, 0.3) is 11.8 Å². The van der Waals surface area contributed by atoms with Crippen molar-refractivity contribution in [2.75, 3.05) is 18.4 Å². The van der Waals surface area contributed by atoms with Crippen molar-refractivity contribution >= 4 is 27.5 Å². The highest BCUT2D eigenvalue weighted by atomic mass is 32.2. The van der Waals surface area contributed by atoms with Gasteiger partial charge in [-0.2, -0.15) is 8.87 Å². The molecule has 0 unspecified atom stereocenters. The van der Waals surface area contributed by atoms with E-state index in [2.05, 4.69) is 5.32 Å². The zero-order chi connectivity index (χ0) is 20.1. The van der Waals surface area contributed by atoms with Crippen LogP contribution in [0.4, 0.5) is 5.69 Å². The summed E-state index contributed by atoms with van der Waals surface area (Å²) in [6.07, 6.45) is 5.88. The number of carbonyl (C=O) groups excluding carboxylic acids is 2. The number of nitrogens with zero attached hydrogens (tertiary/aromatic N) is 2. The van der Waals surface area contributed by atoms with Gasteiger partial charge >= 0.3 is 0 Å². The van der Waals surface area contributed by atoms with Crippen molar-refractivity contribution in [3.05, 3.63) is 54.4 Å². The van der Waals surface area contributed by atoms with Crippen molar-refractivity contribution < 1.29 is 22.6 Å². The summed E-state index contributed by atoms with van der Waals surface area (Å²) in [5.74, 6) is -0.926. The number of sulfonamides is 1. The third-order valence-electron chi connectivity index (χ3n) is 4.54. The fourth-order valence-corrected chi connectivity index (χ4v) is 4.68. The Morgan fingerprint density at radius 3 is 2.57 bits per heavy atom. The first-order valence-corrected chi connectivity index (χ1v) is 10.5. The molecule has 1 aromatic heterocycles. The normalized spacial score (nSPS) is 15.1. The van der Waals surface area contributed by atoms with Gasteiger partial charge in [-0.25, -0.2) is 8.42 Å². The van der Waals surface area contributed by atoms with E-state index in [1.165, 1.54) is 27.2 Å². The molecule has 28 heavy (non-hydrogen) atoms. The highest BCUT2D eigenvalue weighted by Gasteiger charge is 2.26. The third-order valence-corrected chi connectivity index (χ3v) is 6.43. The van der Waals surface area contributed by atoms with Crippen LogP contribution in [0.3, 0.4) is 0 Å². The summed E-state index contributed by atoms with van der Waals surface area (Å²) in [7, 11) is -3.57. The molecular weight excluding hydrogens is 380 g/mol. The van der Waals surface area contributed by atoms with Crippen molar-refractivity contribution in [1.82, 2.24) is 4.31 Å². The van der Waals surface area contributed by atoms with Crippen molar-refractivity contribution in [2.24, 2.45) is 5.73 Å². The molecule has 1 aliphatic rings. The number of benzene rings is 1. The van der Waals surface area contributed by atoms with Gasteiger partial charge in [0.15, 0.2) is 12.4 Å². The lowest BCUT2D eigenvalue weighted by molar-refractivity contribution is -0.684. The quantitative estimate of drug-likeness (QED) is 0.697. The Bertz CT molecular complexity index is 985. The molecule has 148 valence electrons. The molecule has 3 rings (SSSR count). The topological polar surface area (TPSA) is 113 Å². The van der Waals surface area contributed by atoms with Crippen molar-refractivity contribution in [2.45, 2.75) is 30.7 Å². The molecule has 0 spiro atoms. The second kappa shape index (κ2) is 8.49. The highest BCUT2D eigenvalue weighted by Crippen LogP contribution is 2.22. The summed E-state index contributed by atoms with van der Waals surface area (Å²) < 4.78 is 28.6. The number of carbonyl (C=O) groups is 2. The Labute approximate surface area is 164 Å². The first-order chi connectivity index (χ1) is 13.4. The lowest BCUT2D eigenvalue weighted by Crippen LogP contribution is -2.40. The Morgan fingerprint density at radius 2 is 1.86 bits per heavy atom. The van der Waals surface area contributed by atoms with Crippen LogP contribution in [-0.2, 0) is 21.4 Å². The molecule has 0 radical (unpaired) electrons. The summed E-state index contributed by atoms with van der Waals surface area (Å²) in [6.45, 7) is 1.00. The molecule has 1 aliphatic heterocycles. The largest absolute Gasteiger partial charge is 0.365 e. The Hall–Kier alpha value is -2.78. The number of aromatic nitrogens is 1. The number of nitrogens with two attached hydrogens (primary N) is 1. The molecule has 1 saturated heterocycles. The first kappa shape index (κ1) is 20.0. The van der Waals surface area contributed by atoms with Gasteiger partial charge in [-0.15, -0.1) is 0 Å². The maximum absolute atomic E-state index is 12.8. The summed E-state index contributed by atoms with van der Waals surface area (Å²) in [6, 6.07) is 9.42. The van der Waals surface area contributed by atoms with Crippen LogP contribution in [0.25, 0.3) is 0 Å². The molecule has 2 amide bonds. The average molecular weight is 403 g/mol. The zero-order valence-electron chi connectivity index (χ0n) is 15.4. The second-order valence-corrected chi connectivity index (χ2v) is 8.61. The Kier molecular flexibility index (Phi) is 6.05. The lowest BCUT2D eigenvalue weighted by atomic mass is 10.2. The Balaban J connectivity index is 1.71. The number of hydrogen-bond acceptors (Lipinski definition) is 4. The van der Waals surface area contributed by atoms with E-state index in [4.69, 9.17) is 5.73 Å². The first-order valence-electron chi connectivity index (χ1n) is 9.05. The smallest absolute Gasteiger partial charge is 0.290 e. The molecule has 1 fully saturated rings. The SMILES string of the molecule is NC(=O)c1ccc[n+](CC(=O)Nc2cccc(S(=O)(=O)N3CCCCC3)c2)c1. The minimum absolute atomic E-state index is 0.0375. The molecule has 1 aromatic carbocycles. The molecule has 2 heterocycles. The zero-order valence-corrected chi connectivity index (χ0v) is 16.2. The monoisotopic (exact) mass is 403 g/mol. The highest BCUT2D eigenvalue weighted by molar-refractivity contribution is 7.89. The van der Waals surface area contributed by atoms with E-state index in [1.807, 2.05) is 0 Å². The van der Waals surface area contributed by atoms with Gasteiger partial charge in [0.1, 0.15) is 5.56 Å². The van der Waals surface area contributed by atoms with Crippen LogP contribution < -0.4 is 15.6 Å². The minimum atomic E-state index is -3.57. The van der Waals surface area contributed by atoms with E-state index >= 15 is 0 Å². The second-order valence-electron chi connectivity index (χ2n) is 6.67. The average Bonchev–Trinajstić information content (AvgIpc) is 2.69. The van der Waals surface area contributed by atoms with E-state index in [0.29, 0.717) is 24.3 Å². The van der Waals surface area contributed by atoms with Crippen LogP contribution in [0.2, 0.25) is 0 Å². The number of anilines is 1. The maximum Gasteiger partial charge on any atom is 0.290 e. The summed E-state index contributed by atoms with van der Waals surface area (Å²) >= 11 is 0. The van der Waals surface area contributed by atoms with Gasteiger partial charge in [0.2, 0.25) is 16.6 Å². The molecule has 2 aromatic rings. The van der Waals surface area contributed by atoms with E-state index in [0.717, 1.165) is 19.3 Å². The number of nitrogens with one attached hydrogen (secondary N) is 1. The van der Waals surface area contributed by atoms with Gasteiger partial charge in [-0.05, 0) is 37.1 Å². The summed E-state index contributed by atoms with van der Waals surface area (Å²) in [5.41, 5.74) is 5.94. The maximum atomic E-state index is 12.8. The number of amides is 2. The van der Waals surface area contributed by atoms with E-state index < -0.39 is 15.9 Å². The predicted octanol–water partition coefficient (Wildman–Crippen LogP) is 0.886. The fourth-order valence-electron chi connectivity index (χ4n) is 3.12. The van der Waals surface area contributed by atoms with Crippen LogP contribution in [0, 0.1) is 0 Å². The van der Waals surface area contributed by atoms with E-state index in [9.17, 15) is 18.0 Å². The van der Waals surface area contributed by atoms with Gasteiger partial charge in [-0.1, -0.05) is 12.5 Å². The molecule has 9 heteroatoms. The van der Waals surface area contributed by atoms with Crippen molar-refractivity contribution in [3.8, 4) is 0 Å². The van der Waals surface area contributed by atoms with Gasteiger partial charge in [-0.3, -0.25) is 9.59 Å². The van der Waals surface area contributed by atoms with Gasteiger partial charge < -0.3 is 11.1 Å². The van der Waals surface area contributed by atoms with Crippen molar-refractivity contribution in [3.63, 3.8) is 0 Å².